The summed E-state index contributed by atoms with van der Waals surface area (Å²) in [7, 11) is 0. The van der Waals surface area contributed by atoms with E-state index in [0.29, 0.717) is 12.3 Å². The smallest absolute Gasteiger partial charge is 0.287 e. The highest BCUT2D eigenvalue weighted by Crippen LogP contribution is 2.07. The third-order valence-electron chi connectivity index (χ3n) is 2.38. The third kappa shape index (κ3) is 2.93. The van der Waals surface area contributed by atoms with Crippen LogP contribution in [0.4, 0.5) is 0 Å². The third-order valence-corrected chi connectivity index (χ3v) is 2.38. The minimum atomic E-state index is -0.175. The van der Waals surface area contributed by atoms with Crippen LogP contribution in [0.3, 0.4) is 0 Å². The normalized spacial score (nSPS) is 10.4. The van der Waals surface area contributed by atoms with E-state index in [9.17, 15) is 4.79 Å². The molecule has 2 rings (SSSR count). The van der Waals surface area contributed by atoms with E-state index in [1.54, 1.807) is 17.1 Å². The molecule has 90 valence electrons. The van der Waals surface area contributed by atoms with Crippen molar-refractivity contribution in [1.82, 2.24) is 20.1 Å². The molecular weight excluding hydrogens is 220 g/mol. The SMILES string of the molecule is Cc1ccoc1C(=O)NCCCn1cncn1. The average Bonchev–Trinajstić information content (AvgIpc) is 2.95. The first-order valence-corrected chi connectivity index (χ1v) is 5.42. The molecule has 0 aromatic carbocycles. The van der Waals surface area contributed by atoms with Crippen molar-refractivity contribution in [3.05, 3.63) is 36.3 Å². The van der Waals surface area contributed by atoms with Gasteiger partial charge in [0.15, 0.2) is 5.76 Å². The molecule has 1 N–H and O–H groups in total. The van der Waals surface area contributed by atoms with Gasteiger partial charge in [-0.05, 0) is 19.4 Å². The lowest BCUT2D eigenvalue weighted by Crippen LogP contribution is -2.25. The number of hydrogen-bond donors (Lipinski definition) is 1. The zero-order chi connectivity index (χ0) is 12.1. The number of furan rings is 1. The molecule has 0 aliphatic rings. The van der Waals surface area contributed by atoms with Gasteiger partial charge in [-0.1, -0.05) is 0 Å². The van der Waals surface area contributed by atoms with E-state index in [2.05, 4.69) is 15.4 Å². The van der Waals surface area contributed by atoms with Crippen LogP contribution in [0.2, 0.25) is 0 Å². The number of amides is 1. The minimum Gasteiger partial charge on any atom is -0.459 e. The fraction of sp³-hybridized carbons (Fsp3) is 0.364. The molecule has 6 heteroatoms. The summed E-state index contributed by atoms with van der Waals surface area (Å²) in [6, 6.07) is 1.77. The van der Waals surface area contributed by atoms with Crippen molar-refractivity contribution in [3.63, 3.8) is 0 Å². The molecule has 2 aromatic heterocycles. The van der Waals surface area contributed by atoms with Crippen LogP contribution in [-0.2, 0) is 6.54 Å². The zero-order valence-corrected chi connectivity index (χ0v) is 9.59. The van der Waals surface area contributed by atoms with Gasteiger partial charge < -0.3 is 9.73 Å². The molecule has 0 saturated carbocycles. The maximum atomic E-state index is 11.6. The largest absolute Gasteiger partial charge is 0.459 e. The Kier molecular flexibility index (Phi) is 3.54. The monoisotopic (exact) mass is 234 g/mol. The van der Waals surface area contributed by atoms with Gasteiger partial charge in [-0.2, -0.15) is 5.10 Å². The molecule has 0 radical (unpaired) electrons. The fourth-order valence-corrected chi connectivity index (χ4v) is 1.48. The van der Waals surface area contributed by atoms with Crippen LogP contribution in [0.25, 0.3) is 0 Å². The Morgan fingerprint density at radius 1 is 1.59 bits per heavy atom. The molecule has 0 unspecified atom stereocenters. The van der Waals surface area contributed by atoms with E-state index >= 15 is 0 Å². The molecule has 2 aromatic rings. The summed E-state index contributed by atoms with van der Waals surface area (Å²) in [6.45, 7) is 3.16. The minimum absolute atomic E-state index is 0.175. The van der Waals surface area contributed by atoms with Gasteiger partial charge in [-0.25, -0.2) is 4.98 Å². The Balaban J connectivity index is 1.72. The molecule has 6 nitrogen and oxygen atoms in total. The van der Waals surface area contributed by atoms with Crippen molar-refractivity contribution in [2.45, 2.75) is 19.9 Å². The van der Waals surface area contributed by atoms with E-state index in [4.69, 9.17) is 4.42 Å². The van der Waals surface area contributed by atoms with Gasteiger partial charge in [-0.3, -0.25) is 9.48 Å². The number of nitrogens with one attached hydrogen (secondary N) is 1. The highest BCUT2D eigenvalue weighted by Gasteiger charge is 2.11. The van der Waals surface area contributed by atoms with Crippen molar-refractivity contribution in [3.8, 4) is 0 Å². The standard InChI is InChI=1S/C11H14N4O2/c1-9-3-6-17-10(9)11(16)13-4-2-5-15-8-12-7-14-15/h3,6-8H,2,4-5H2,1H3,(H,13,16). The summed E-state index contributed by atoms with van der Waals surface area (Å²) in [4.78, 5) is 15.5. The topological polar surface area (TPSA) is 73.0 Å². The summed E-state index contributed by atoms with van der Waals surface area (Å²) < 4.78 is 6.82. The Bertz CT molecular complexity index is 475. The van der Waals surface area contributed by atoms with Crippen molar-refractivity contribution in [2.75, 3.05) is 6.54 Å². The van der Waals surface area contributed by atoms with Gasteiger partial charge >= 0.3 is 0 Å². The van der Waals surface area contributed by atoms with Gasteiger partial charge in [0.05, 0.1) is 6.26 Å². The number of aryl methyl sites for hydroxylation is 2. The van der Waals surface area contributed by atoms with Crippen LogP contribution < -0.4 is 5.32 Å². The first kappa shape index (κ1) is 11.4. The maximum absolute atomic E-state index is 11.6. The van der Waals surface area contributed by atoms with Gasteiger partial charge in [0.25, 0.3) is 5.91 Å². The van der Waals surface area contributed by atoms with Crippen LogP contribution in [0.5, 0.6) is 0 Å². The van der Waals surface area contributed by atoms with E-state index in [1.165, 1.54) is 12.6 Å². The molecular formula is C11H14N4O2. The van der Waals surface area contributed by atoms with Gasteiger partial charge in [0.1, 0.15) is 12.7 Å². The lowest BCUT2D eigenvalue weighted by atomic mass is 10.2. The van der Waals surface area contributed by atoms with Crippen molar-refractivity contribution >= 4 is 5.91 Å². The average molecular weight is 234 g/mol. The summed E-state index contributed by atoms with van der Waals surface area (Å²) in [6.07, 6.45) is 5.46. The number of aromatic nitrogens is 3. The van der Waals surface area contributed by atoms with Crippen molar-refractivity contribution in [2.24, 2.45) is 0 Å². The number of rotatable bonds is 5. The molecule has 0 atom stereocenters. The zero-order valence-electron chi connectivity index (χ0n) is 9.59. The van der Waals surface area contributed by atoms with Crippen molar-refractivity contribution < 1.29 is 9.21 Å². The molecule has 0 saturated heterocycles. The van der Waals surface area contributed by atoms with Crippen LogP contribution >= 0.6 is 0 Å². The lowest BCUT2D eigenvalue weighted by Gasteiger charge is -2.03. The Hall–Kier alpha value is -2.11. The molecule has 2 heterocycles. The highest BCUT2D eigenvalue weighted by atomic mass is 16.3. The van der Waals surface area contributed by atoms with E-state index in [1.807, 2.05) is 6.92 Å². The Morgan fingerprint density at radius 3 is 3.12 bits per heavy atom. The van der Waals surface area contributed by atoms with Crippen LogP contribution in [0.1, 0.15) is 22.5 Å². The quantitative estimate of drug-likeness (QED) is 0.783. The van der Waals surface area contributed by atoms with Gasteiger partial charge in [0, 0.05) is 18.7 Å². The lowest BCUT2D eigenvalue weighted by molar-refractivity contribution is 0.0924. The molecule has 0 fully saturated rings. The van der Waals surface area contributed by atoms with E-state index in [-0.39, 0.29) is 5.91 Å². The van der Waals surface area contributed by atoms with Crippen LogP contribution in [0.15, 0.2) is 29.4 Å². The number of hydrogen-bond acceptors (Lipinski definition) is 4. The number of carbonyl (C=O) groups is 1. The Labute approximate surface area is 98.6 Å². The predicted molar refractivity (Wildman–Crippen MR) is 60.4 cm³/mol. The molecule has 1 amide bonds. The number of nitrogens with zero attached hydrogens (tertiary/aromatic N) is 3. The van der Waals surface area contributed by atoms with E-state index in [0.717, 1.165) is 18.5 Å². The second kappa shape index (κ2) is 5.29. The molecule has 17 heavy (non-hydrogen) atoms. The molecule has 0 bridgehead atoms. The summed E-state index contributed by atoms with van der Waals surface area (Å²) >= 11 is 0. The first-order chi connectivity index (χ1) is 8.27. The van der Waals surface area contributed by atoms with Crippen LogP contribution in [0, 0.1) is 6.92 Å². The number of carbonyl (C=O) groups excluding carboxylic acids is 1. The summed E-state index contributed by atoms with van der Waals surface area (Å²) in [5, 5.41) is 6.77. The van der Waals surface area contributed by atoms with Crippen molar-refractivity contribution in [1.29, 1.82) is 0 Å². The summed E-state index contributed by atoms with van der Waals surface area (Å²) in [5.41, 5.74) is 0.846. The maximum Gasteiger partial charge on any atom is 0.287 e. The second-order valence-electron chi connectivity index (χ2n) is 3.70. The van der Waals surface area contributed by atoms with E-state index < -0.39 is 0 Å². The predicted octanol–water partition coefficient (Wildman–Crippen LogP) is 1.000. The molecule has 0 aliphatic carbocycles. The van der Waals surface area contributed by atoms with Gasteiger partial charge in [-0.15, -0.1) is 0 Å². The first-order valence-electron chi connectivity index (χ1n) is 5.42. The second-order valence-corrected chi connectivity index (χ2v) is 3.70. The van der Waals surface area contributed by atoms with Crippen LogP contribution in [-0.4, -0.2) is 27.2 Å². The summed E-state index contributed by atoms with van der Waals surface area (Å²) in [5.74, 6) is 0.205. The fourth-order valence-electron chi connectivity index (χ4n) is 1.48. The molecule has 0 spiro atoms. The molecule has 0 aliphatic heterocycles. The Morgan fingerprint density at radius 2 is 2.47 bits per heavy atom. The van der Waals surface area contributed by atoms with Gasteiger partial charge in [0.2, 0.25) is 0 Å². The highest BCUT2D eigenvalue weighted by molar-refractivity contribution is 5.92.